The van der Waals surface area contributed by atoms with Crippen molar-refractivity contribution >= 4 is 0 Å². The predicted molar refractivity (Wildman–Crippen MR) is 105 cm³/mol. The molecule has 1 aromatic rings. The van der Waals surface area contributed by atoms with Crippen molar-refractivity contribution in [3.05, 3.63) is 35.9 Å². The molecule has 25 heavy (non-hydrogen) atoms. The van der Waals surface area contributed by atoms with Crippen molar-refractivity contribution in [3.63, 3.8) is 0 Å². The van der Waals surface area contributed by atoms with Crippen LogP contribution in [0.4, 0.5) is 0 Å². The van der Waals surface area contributed by atoms with Gasteiger partial charge in [-0.05, 0) is 97.9 Å². The number of fused-ring (bicyclic) bond motifs is 5. The maximum absolute atomic E-state index is 2.72. The number of hydrogen-bond acceptors (Lipinski definition) is 0. The molecular formula is C25H36. The zero-order valence-electron chi connectivity index (χ0n) is 16.2. The zero-order chi connectivity index (χ0) is 16.9. The summed E-state index contributed by atoms with van der Waals surface area (Å²) in [5.41, 5.74) is 2.95. The standard InChI is InChI=1S/C25H36/c1-24-15-6-5-10-20(24)12-13-21-22(24)14-17-25(16-7-11-23(21)25)18-19-8-3-2-4-9-19/h2-4,8-9,20-23H,5-7,10-18H2,1H3/t20?,21-,22+,23+,24+,25+/m1/s1. The summed E-state index contributed by atoms with van der Waals surface area (Å²) >= 11 is 0. The van der Waals surface area contributed by atoms with E-state index < -0.39 is 0 Å². The quantitative estimate of drug-likeness (QED) is 0.543. The highest BCUT2D eigenvalue weighted by molar-refractivity contribution is 5.19. The van der Waals surface area contributed by atoms with Crippen LogP contribution < -0.4 is 0 Å². The Hall–Kier alpha value is -0.780. The Morgan fingerprint density at radius 3 is 2.56 bits per heavy atom. The van der Waals surface area contributed by atoms with Crippen LogP contribution in [0.25, 0.3) is 0 Å². The average Bonchev–Trinajstić information content (AvgIpc) is 3.06. The van der Waals surface area contributed by atoms with Crippen molar-refractivity contribution < 1.29 is 0 Å². The summed E-state index contributed by atoms with van der Waals surface area (Å²) in [6.07, 6.45) is 18.2. The Balaban J connectivity index is 1.43. The van der Waals surface area contributed by atoms with E-state index in [2.05, 4.69) is 37.3 Å². The molecule has 5 rings (SSSR count). The maximum Gasteiger partial charge on any atom is -0.0219 e. The fourth-order valence-electron chi connectivity index (χ4n) is 8.40. The topological polar surface area (TPSA) is 0 Å². The van der Waals surface area contributed by atoms with Gasteiger partial charge in [0.05, 0.1) is 0 Å². The van der Waals surface area contributed by atoms with E-state index in [4.69, 9.17) is 0 Å². The summed E-state index contributed by atoms with van der Waals surface area (Å²) in [6, 6.07) is 11.4. The van der Waals surface area contributed by atoms with Gasteiger partial charge in [-0.25, -0.2) is 0 Å². The summed E-state index contributed by atoms with van der Waals surface area (Å²) in [5.74, 6) is 4.20. The zero-order valence-corrected chi connectivity index (χ0v) is 16.2. The van der Waals surface area contributed by atoms with Gasteiger partial charge in [0.2, 0.25) is 0 Å². The molecule has 0 amide bonds. The van der Waals surface area contributed by atoms with Crippen LogP contribution in [0.15, 0.2) is 30.3 Å². The Kier molecular flexibility index (Phi) is 4.03. The second kappa shape index (κ2) is 6.14. The SMILES string of the molecule is C[C@]12CCCCC1CC[C@H]1[C@@H]3CCC[C@@]3(Cc3ccccc3)CC[C@@H]12. The molecule has 4 aliphatic carbocycles. The Bertz CT molecular complexity index is 604. The van der Waals surface area contributed by atoms with Crippen LogP contribution in [0.3, 0.4) is 0 Å². The molecule has 0 bridgehead atoms. The molecule has 0 saturated heterocycles. The molecule has 0 heterocycles. The lowest BCUT2D eigenvalue weighted by atomic mass is 9.45. The first-order valence-electron chi connectivity index (χ1n) is 11.3. The van der Waals surface area contributed by atoms with E-state index in [1.807, 2.05) is 0 Å². The Morgan fingerprint density at radius 2 is 1.68 bits per heavy atom. The first-order valence-corrected chi connectivity index (χ1v) is 11.3. The third-order valence-corrected chi connectivity index (χ3v) is 9.51. The highest BCUT2D eigenvalue weighted by Crippen LogP contribution is 2.66. The smallest absolute Gasteiger partial charge is 0.0219 e. The fraction of sp³-hybridized carbons (Fsp3) is 0.760. The highest BCUT2D eigenvalue weighted by Gasteiger charge is 2.58. The molecule has 6 atom stereocenters. The van der Waals surface area contributed by atoms with Crippen molar-refractivity contribution in [1.29, 1.82) is 0 Å². The summed E-state index contributed by atoms with van der Waals surface area (Å²) in [4.78, 5) is 0. The van der Waals surface area contributed by atoms with Crippen molar-refractivity contribution in [1.82, 2.24) is 0 Å². The van der Waals surface area contributed by atoms with Crippen molar-refractivity contribution in [2.24, 2.45) is 34.5 Å². The van der Waals surface area contributed by atoms with E-state index in [0.717, 1.165) is 23.7 Å². The molecule has 4 fully saturated rings. The van der Waals surface area contributed by atoms with Crippen LogP contribution in [0, 0.1) is 34.5 Å². The van der Waals surface area contributed by atoms with Crippen molar-refractivity contribution in [2.45, 2.75) is 84.0 Å². The lowest BCUT2D eigenvalue weighted by Crippen LogP contribution is -2.52. The van der Waals surface area contributed by atoms with E-state index in [-0.39, 0.29) is 0 Å². The molecule has 4 saturated carbocycles. The van der Waals surface area contributed by atoms with E-state index in [9.17, 15) is 0 Å². The summed E-state index contributed by atoms with van der Waals surface area (Å²) in [7, 11) is 0. The molecule has 0 aliphatic heterocycles. The van der Waals surface area contributed by atoms with E-state index in [0.29, 0.717) is 10.8 Å². The molecule has 136 valence electrons. The second-order valence-electron chi connectivity index (χ2n) is 10.4. The van der Waals surface area contributed by atoms with Crippen molar-refractivity contribution in [2.75, 3.05) is 0 Å². The van der Waals surface area contributed by atoms with E-state index in [1.165, 1.54) is 51.4 Å². The van der Waals surface area contributed by atoms with Crippen LogP contribution in [-0.2, 0) is 6.42 Å². The van der Waals surface area contributed by atoms with Crippen LogP contribution in [0.2, 0.25) is 0 Å². The molecule has 0 heteroatoms. The number of rotatable bonds is 2. The van der Waals surface area contributed by atoms with Gasteiger partial charge in [-0.15, -0.1) is 0 Å². The van der Waals surface area contributed by atoms with Gasteiger partial charge >= 0.3 is 0 Å². The maximum atomic E-state index is 2.72. The van der Waals surface area contributed by atoms with Crippen LogP contribution >= 0.6 is 0 Å². The van der Waals surface area contributed by atoms with Crippen molar-refractivity contribution in [3.8, 4) is 0 Å². The molecule has 4 aliphatic rings. The predicted octanol–water partition coefficient (Wildman–Crippen LogP) is 7.03. The van der Waals surface area contributed by atoms with Gasteiger partial charge in [0.15, 0.2) is 0 Å². The fourth-order valence-corrected chi connectivity index (χ4v) is 8.40. The van der Waals surface area contributed by atoms with Gasteiger partial charge < -0.3 is 0 Å². The largest absolute Gasteiger partial charge is 0.0622 e. The monoisotopic (exact) mass is 336 g/mol. The van der Waals surface area contributed by atoms with Crippen LogP contribution in [0.1, 0.15) is 83.1 Å². The molecule has 1 aromatic carbocycles. The Morgan fingerprint density at radius 1 is 0.800 bits per heavy atom. The third kappa shape index (κ3) is 2.54. The van der Waals surface area contributed by atoms with Crippen LogP contribution in [-0.4, -0.2) is 0 Å². The lowest BCUT2D eigenvalue weighted by molar-refractivity contribution is -0.107. The lowest BCUT2D eigenvalue weighted by Gasteiger charge is -2.60. The molecule has 1 unspecified atom stereocenters. The third-order valence-electron chi connectivity index (χ3n) is 9.51. The number of hydrogen-bond donors (Lipinski definition) is 0. The van der Waals surface area contributed by atoms with Gasteiger partial charge in [0.1, 0.15) is 0 Å². The van der Waals surface area contributed by atoms with Gasteiger partial charge in [-0.2, -0.15) is 0 Å². The molecule has 0 nitrogen and oxygen atoms in total. The molecule has 0 N–H and O–H groups in total. The summed E-state index contributed by atoms with van der Waals surface area (Å²) in [5, 5.41) is 0. The van der Waals surface area contributed by atoms with Gasteiger partial charge in [0, 0.05) is 0 Å². The minimum Gasteiger partial charge on any atom is -0.0622 e. The summed E-state index contributed by atoms with van der Waals surface area (Å²) < 4.78 is 0. The Labute approximate surface area is 154 Å². The second-order valence-corrected chi connectivity index (χ2v) is 10.4. The normalized spacial score (nSPS) is 46.1. The first kappa shape index (κ1) is 16.4. The minimum atomic E-state index is 0.653. The highest BCUT2D eigenvalue weighted by atomic mass is 14.6. The first-order chi connectivity index (χ1) is 12.2. The molecule has 0 spiro atoms. The minimum absolute atomic E-state index is 0.653. The van der Waals surface area contributed by atoms with Gasteiger partial charge in [-0.3, -0.25) is 0 Å². The summed E-state index contributed by atoms with van der Waals surface area (Å²) in [6.45, 7) is 2.72. The van der Waals surface area contributed by atoms with Crippen LogP contribution in [0.5, 0.6) is 0 Å². The van der Waals surface area contributed by atoms with E-state index >= 15 is 0 Å². The molecule has 0 radical (unpaired) electrons. The van der Waals surface area contributed by atoms with Gasteiger partial charge in [0.25, 0.3) is 0 Å². The number of benzene rings is 1. The van der Waals surface area contributed by atoms with E-state index in [1.54, 1.807) is 31.2 Å². The molecule has 0 aromatic heterocycles. The molecular weight excluding hydrogens is 300 g/mol. The van der Waals surface area contributed by atoms with Gasteiger partial charge in [-0.1, -0.05) is 56.5 Å². The average molecular weight is 337 g/mol.